The molecule has 2 rings (SSSR count). The maximum Gasteiger partial charge on any atom is 0.255 e. The maximum absolute atomic E-state index is 12.7. The van der Waals surface area contributed by atoms with Gasteiger partial charge in [-0.15, -0.1) is 0 Å². The van der Waals surface area contributed by atoms with E-state index in [4.69, 9.17) is 4.74 Å². The van der Waals surface area contributed by atoms with E-state index in [0.717, 1.165) is 8.04 Å². The molecule has 1 aromatic rings. The van der Waals surface area contributed by atoms with Crippen molar-refractivity contribution in [1.82, 2.24) is 10.2 Å². The minimum Gasteiger partial charge on any atom is -0.377 e. The van der Waals surface area contributed by atoms with Crippen LogP contribution in [0.5, 0.6) is 0 Å². The number of rotatable bonds is 2. The van der Waals surface area contributed by atoms with Gasteiger partial charge in [-0.05, 0) is 40.8 Å². The third-order valence-electron chi connectivity index (χ3n) is 3.10. The molecule has 0 saturated carbocycles. The monoisotopic (exact) mass is 452 g/mol. The molecule has 0 spiro atoms. The smallest absolute Gasteiger partial charge is 0.255 e. The predicted octanol–water partition coefficient (Wildman–Crippen LogP) is 1.64. The van der Waals surface area contributed by atoms with E-state index in [1.165, 1.54) is 0 Å². The van der Waals surface area contributed by atoms with Crippen LogP contribution in [0.15, 0.2) is 22.7 Å². The van der Waals surface area contributed by atoms with Crippen molar-refractivity contribution in [3.05, 3.63) is 31.8 Å². The molecular weight excluding hydrogens is 439 g/mol. The Morgan fingerprint density at radius 3 is 2.95 bits per heavy atom. The Morgan fingerprint density at radius 2 is 2.25 bits per heavy atom. The Labute approximate surface area is 139 Å². The minimum absolute atomic E-state index is 0.146. The number of benzene rings is 1. The zero-order valence-corrected chi connectivity index (χ0v) is 14.6. The molecule has 5 nitrogen and oxygen atoms in total. The molecule has 1 fully saturated rings. The first-order valence-electron chi connectivity index (χ1n) is 6.10. The Hall–Kier alpha value is -0.670. The van der Waals surface area contributed by atoms with Gasteiger partial charge in [-0.3, -0.25) is 9.59 Å². The largest absolute Gasteiger partial charge is 0.377 e. The molecule has 2 amide bonds. The highest BCUT2D eigenvalue weighted by atomic mass is 127. The van der Waals surface area contributed by atoms with E-state index < -0.39 is 6.04 Å². The van der Waals surface area contributed by atoms with Gasteiger partial charge in [0.15, 0.2) is 0 Å². The van der Waals surface area contributed by atoms with Crippen LogP contribution < -0.4 is 5.32 Å². The molecule has 1 aliphatic heterocycles. The van der Waals surface area contributed by atoms with Gasteiger partial charge in [0.05, 0.1) is 18.8 Å². The van der Waals surface area contributed by atoms with Crippen molar-refractivity contribution >= 4 is 50.3 Å². The van der Waals surface area contributed by atoms with Crippen LogP contribution in [0, 0.1) is 3.57 Å². The number of hydrogen-bond acceptors (Lipinski definition) is 3. The zero-order valence-electron chi connectivity index (χ0n) is 10.9. The third-order valence-corrected chi connectivity index (χ3v) is 4.53. The molecule has 108 valence electrons. The summed E-state index contributed by atoms with van der Waals surface area (Å²) in [6, 6.07) is 4.96. The highest BCUT2D eigenvalue weighted by Crippen LogP contribution is 2.21. The van der Waals surface area contributed by atoms with E-state index in [2.05, 4.69) is 43.8 Å². The summed E-state index contributed by atoms with van der Waals surface area (Å²) in [7, 11) is 1.56. The fourth-order valence-corrected chi connectivity index (χ4v) is 2.97. The van der Waals surface area contributed by atoms with Crippen molar-refractivity contribution in [3.63, 3.8) is 0 Å². The number of nitrogens with one attached hydrogen (secondary N) is 1. The van der Waals surface area contributed by atoms with Gasteiger partial charge in [0.1, 0.15) is 6.04 Å². The molecule has 0 aromatic heterocycles. The van der Waals surface area contributed by atoms with E-state index in [1.807, 2.05) is 12.1 Å². The van der Waals surface area contributed by atoms with Crippen LogP contribution in [0.2, 0.25) is 0 Å². The number of likely N-dealkylation sites (N-methyl/N-ethyl adjacent to an activating group) is 1. The minimum atomic E-state index is -0.573. The van der Waals surface area contributed by atoms with E-state index in [9.17, 15) is 9.59 Å². The van der Waals surface area contributed by atoms with Gasteiger partial charge in [-0.1, -0.05) is 15.9 Å². The molecule has 7 heteroatoms. The molecule has 1 aromatic carbocycles. The van der Waals surface area contributed by atoms with Crippen molar-refractivity contribution in [3.8, 4) is 0 Å². The maximum atomic E-state index is 12.7. The number of morpholine rings is 1. The summed E-state index contributed by atoms with van der Waals surface area (Å²) < 4.78 is 7.01. The van der Waals surface area contributed by atoms with Crippen molar-refractivity contribution in [1.29, 1.82) is 0 Å². The van der Waals surface area contributed by atoms with Crippen LogP contribution in [0.3, 0.4) is 0 Å². The molecule has 20 heavy (non-hydrogen) atoms. The lowest BCUT2D eigenvalue weighted by Gasteiger charge is -2.34. The highest BCUT2D eigenvalue weighted by molar-refractivity contribution is 14.1. The van der Waals surface area contributed by atoms with Gasteiger partial charge in [0.2, 0.25) is 5.91 Å². The summed E-state index contributed by atoms with van der Waals surface area (Å²) in [6.45, 7) is 1.10. The van der Waals surface area contributed by atoms with Crippen molar-refractivity contribution in [2.24, 2.45) is 0 Å². The van der Waals surface area contributed by atoms with Gasteiger partial charge >= 0.3 is 0 Å². The number of halogens is 2. The van der Waals surface area contributed by atoms with Crippen LogP contribution in [-0.2, 0) is 9.53 Å². The molecule has 0 bridgehead atoms. The number of hydrogen-bond donors (Lipinski definition) is 1. The molecule has 0 radical (unpaired) electrons. The Balaban J connectivity index is 2.30. The Morgan fingerprint density at radius 1 is 1.50 bits per heavy atom. The molecular formula is C13H14BrIN2O3. The number of carbonyl (C=O) groups is 2. The van der Waals surface area contributed by atoms with Crippen molar-refractivity contribution < 1.29 is 14.3 Å². The molecule has 1 saturated heterocycles. The van der Waals surface area contributed by atoms with Crippen LogP contribution in [-0.4, -0.2) is 49.6 Å². The Bertz CT molecular complexity index is 538. The van der Waals surface area contributed by atoms with Crippen LogP contribution in [0.4, 0.5) is 0 Å². The first-order chi connectivity index (χ1) is 9.54. The molecule has 1 aliphatic rings. The highest BCUT2D eigenvalue weighted by Gasteiger charge is 2.33. The topological polar surface area (TPSA) is 58.6 Å². The lowest BCUT2D eigenvalue weighted by atomic mass is 10.1. The molecule has 1 N–H and O–H groups in total. The predicted molar refractivity (Wildman–Crippen MR) is 86.6 cm³/mol. The number of nitrogens with zero attached hydrogens (tertiary/aromatic N) is 1. The summed E-state index contributed by atoms with van der Waals surface area (Å²) in [5.41, 5.74) is 0.593. The fourth-order valence-electron chi connectivity index (χ4n) is 2.05. The van der Waals surface area contributed by atoms with E-state index in [1.54, 1.807) is 18.0 Å². The summed E-state index contributed by atoms with van der Waals surface area (Å²) in [4.78, 5) is 26.1. The second-order valence-corrected chi connectivity index (χ2v) is 6.41. The lowest BCUT2D eigenvalue weighted by Crippen LogP contribution is -2.55. The molecule has 1 unspecified atom stereocenters. The summed E-state index contributed by atoms with van der Waals surface area (Å²) >= 11 is 5.49. The summed E-state index contributed by atoms with van der Waals surface area (Å²) in [5, 5.41) is 2.57. The van der Waals surface area contributed by atoms with Crippen LogP contribution >= 0.6 is 38.5 Å². The summed E-state index contributed by atoms with van der Waals surface area (Å²) in [5.74, 6) is -0.351. The van der Waals surface area contributed by atoms with Crippen molar-refractivity contribution in [2.45, 2.75) is 6.04 Å². The van der Waals surface area contributed by atoms with Gasteiger partial charge in [0, 0.05) is 21.6 Å². The average Bonchev–Trinajstić information content (AvgIpc) is 2.48. The van der Waals surface area contributed by atoms with Crippen LogP contribution in [0.25, 0.3) is 0 Å². The van der Waals surface area contributed by atoms with Gasteiger partial charge in [-0.25, -0.2) is 0 Å². The van der Waals surface area contributed by atoms with Gasteiger partial charge in [-0.2, -0.15) is 0 Å². The van der Waals surface area contributed by atoms with Crippen molar-refractivity contribution in [2.75, 3.05) is 26.8 Å². The fraction of sp³-hybridized carbons (Fsp3) is 0.385. The quantitative estimate of drug-likeness (QED) is 0.694. The Kier molecular flexibility index (Phi) is 5.39. The molecule has 0 aliphatic carbocycles. The second-order valence-electron chi connectivity index (χ2n) is 4.33. The van der Waals surface area contributed by atoms with E-state index in [0.29, 0.717) is 18.7 Å². The SMILES string of the molecule is CNC(=O)C1COCCN1C(=O)c1cc(Br)ccc1I. The standard InChI is InChI=1S/C13H14BrIN2O3/c1-16-12(18)11-7-20-5-4-17(11)13(19)9-6-8(14)2-3-10(9)15/h2-3,6,11H,4-5,7H2,1H3,(H,16,18). The second kappa shape index (κ2) is 6.86. The average molecular weight is 453 g/mol. The van der Waals surface area contributed by atoms with Gasteiger partial charge in [0.25, 0.3) is 5.91 Å². The zero-order chi connectivity index (χ0) is 14.7. The van der Waals surface area contributed by atoms with Gasteiger partial charge < -0.3 is 15.0 Å². The van der Waals surface area contributed by atoms with E-state index in [-0.39, 0.29) is 18.4 Å². The number of amides is 2. The van der Waals surface area contributed by atoms with Crippen LogP contribution in [0.1, 0.15) is 10.4 Å². The number of ether oxygens (including phenoxy) is 1. The number of carbonyl (C=O) groups excluding carboxylic acids is 2. The summed E-state index contributed by atoms with van der Waals surface area (Å²) in [6.07, 6.45) is 0. The molecule has 1 heterocycles. The first kappa shape index (κ1) is 15.7. The normalized spacial score (nSPS) is 18.8. The third kappa shape index (κ3) is 3.32. The first-order valence-corrected chi connectivity index (χ1v) is 7.97. The molecule has 1 atom stereocenters. The lowest BCUT2D eigenvalue weighted by molar-refractivity contribution is -0.130. The van der Waals surface area contributed by atoms with E-state index >= 15 is 0 Å².